The van der Waals surface area contributed by atoms with Crippen LogP contribution in [0.3, 0.4) is 0 Å². The molecule has 0 spiro atoms. The maximum absolute atomic E-state index is 5.40. The molecule has 0 unspecified atom stereocenters. The number of aliphatic imine (C=N–C) groups is 1. The van der Waals surface area contributed by atoms with Crippen molar-refractivity contribution < 1.29 is 18.9 Å². The number of nitrogens with zero attached hydrogens (tertiary/aromatic N) is 2. The van der Waals surface area contributed by atoms with Crippen molar-refractivity contribution in [2.75, 3.05) is 67.8 Å². The predicted molar refractivity (Wildman–Crippen MR) is 126 cm³/mol. The minimum atomic E-state index is 0. The van der Waals surface area contributed by atoms with Gasteiger partial charge in [0, 0.05) is 33.2 Å². The molecule has 0 saturated carbocycles. The Balaban J connectivity index is 0.00000420. The van der Waals surface area contributed by atoms with Crippen LogP contribution < -0.4 is 24.8 Å². The first-order valence-electron chi connectivity index (χ1n) is 9.75. The van der Waals surface area contributed by atoms with Crippen molar-refractivity contribution in [3.63, 3.8) is 0 Å². The molecule has 0 bridgehead atoms. The lowest BCUT2D eigenvalue weighted by molar-refractivity contribution is 0.0372. The average Bonchev–Trinajstić information content (AvgIpc) is 2.75. The number of benzene rings is 1. The molecule has 1 aromatic rings. The van der Waals surface area contributed by atoms with Gasteiger partial charge in [0.15, 0.2) is 17.5 Å². The van der Waals surface area contributed by atoms with Crippen LogP contribution in [-0.2, 0) is 11.3 Å². The third kappa shape index (κ3) is 8.43. The third-order valence-corrected chi connectivity index (χ3v) is 4.71. The van der Waals surface area contributed by atoms with Crippen LogP contribution >= 0.6 is 24.0 Å². The first kappa shape index (κ1) is 25.6. The number of hydrogen-bond acceptors (Lipinski definition) is 6. The minimum Gasteiger partial charge on any atom is -0.493 e. The Morgan fingerprint density at radius 3 is 2.24 bits per heavy atom. The third-order valence-electron chi connectivity index (χ3n) is 4.71. The molecule has 0 aliphatic carbocycles. The van der Waals surface area contributed by atoms with Crippen LogP contribution in [0.4, 0.5) is 0 Å². The first-order valence-corrected chi connectivity index (χ1v) is 9.75. The summed E-state index contributed by atoms with van der Waals surface area (Å²) in [5.74, 6) is 2.66. The Bertz CT molecular complexity index is 599. The second-order valence-corrected chi connectivity index (χ2v) is 6.55. The number of nitrogens with one attached hydrogen (secondary N) is 2. The molecule has 2 N–H and O–H groups in total. The summed E-state index contributed by atoms with van der Waals surface area (Å²) in [6.07, 6.45) is 2.26. The van der Waals surface area contributed by atoms with Crippen LogP contribution in [-0.4, -0.2) is 78.6 Å². The SMILES string of the molecule is CN=C(NCCCCN1CCOCC1)NCc1cc(OC)c(OC)c(OC)c1.I. The Hall–Kier alpha value is -1.46. The summed E-state index contributed by atoms with van der Waals surface area (Å²) in [6.45, 7) is 6.42. The Kier molecular flexibility index (Phi) is 12.8. The van der Waals surface area contributed by atoms with E-state index in [2.05, 4.69) is 20.5 Å². The summed E-state index contributed by atoms with van der Waals surface area (Å²) in [5, 5.41) is 6.69. The van der Waals surface area contributed by atoms with Crippen molar-refractivity contribution in [1.82, 2.24) is 15.5 Å². The second kappa shape index (κ2) is 14.5. The molecule has 0 radical (unpaired) electrons. The zero-order chi connectivity index (χ0) is 20.2. The standard InChI is InChI=1S/C20H34N4O4.HI/c1-21-20(22-7-5-6-8-24-9-11-28-12-10-24)23-15-16-13-17(25-2)19(27-4)18(14-16)26-3;/h13-14H,5-12,15H2,1-4H3,(H2,21,22,23);1H. The van der Waals surface area contributed by atoms with Crippen LogP contribution in [0.25, 0.3) is 0 Å². The molecule has 9 heteroatoms. The van der Waals surface area contributed by atoms with E-state index in [9.17, 15) is 0 Å². The van der Waals surface area contributed by atoms with E-state index in [1.807, 2.05) is 12.1 Å². The van der Waals surface area contributed by atoms with E-state index >= 15 is 0 Å². The quantitative estimate of drug-likeness (QED) is 0.211. The molecule has 1 aliphatic rings. The van der Waals surface area contributed by atoms with Crippen molar-refractivity contribution in [3.8, 4) is 17.2 Å². The number of unbranched alkanes of at least 4 members (excludes halogenated alkanes) is 1. The van der Waals surface area contributed by atoms with Crippen molar-refractivity contribution in [2.24, 2.45) is 4.99 Å². The molecule has 0 atom stereocenters. The lowest BCUT2D eigenvalue weighted by Gasteiger charge is -2.26. The highest BCUT2D eigenvalue weighted by atomic mass is 127. The lowest BCUT2D eigenvalue weighted by atomic mass is 10.2. The molecule has 8 nitrogen and oxygen atoms in total. The highest BCUT2D eigenvalue weighted by Crippen LogP contribution is 2.38. The molecule has 1 heterocycles. The largest absolute Gasteiger partial charge is 0.493 e. The Morgan fingerprint density at radius 1 is 1.03 bits per heavy atom. The van der Waals surface area contributed by atoms with Crippen LogP contribution in [0, 0.1) is 0 Å². The molecule has 2 rings (SSSR count). The van der Waals surface area contributed by atoms with Crippen molar-refractivity contribution in [1.29, 1.82) is 0 Å². The van der Waals surface area contributed by atoms with Gasteiger partial charge in [-0.2, -0.15) is 0 Å². The molecular formula is C20H35IN4O4. The molecule has 166 valence electrons. The number of methoxy groups -OCH3 is 3. The van der Waals surface area contributed by atoms with Crippen LogP contribution in [0.5, 0.6) is 17.2 Å². The Labute approximate surface area is 191 Å². The minimum absolute atomic E-state index is 0. The van der Waals surface area contributed by atoms with Crippen LogP contribution in [0.2, 0.25) is 0 Å². The van der Waals surface area contributed by atoms with E-state index < -0.39 is 0 Å². The van der Waals surface area contributed by atoms with Gasteiger partial charge in [-0.15, -0.1) is 24.0 Å². The summed E-state index contributed by atoms with van der Waals surface area (Å²) < 4.78 is 21.5. The molecular weight excluding hydrogens is 487 g/mol. The fraction of sp³-hybridized carbons (Fsp3) is 0.650. The summed E-state index contributed by atoms with van der Waals surface area (Å²) in [6, 6.07) is 3.87. The number of hydrogen-bond donors (Lipinski definition) is 2. The van der Waals surface area contributed by atoms with Crippen molar-refractivity contribution in [3.05, 3.63) is 17.7 Å². The maximum Gasteiger partial charge on any atom is 0.203 e. The first-order chi connectivity index (χ1) is 13.7. The van der Waals surface area contributed by atoms with Gasteiger partial charge < -0.3 is 29.6 Å². The number of morpholine rings is 1. The van der Waals surface area contributed by atoms with E-state index in [-0.39, 0.29) is 24.0 Å². The van der Waals surface area contributed by atoms with Gasteiger partial charge in [-0.05, 0) is 37.1 Å². The van der Waals surface area contributed by atoms with Gasteiger partial charge in [0.1, 0.15) is 0 Å². The van der Waals surface area contributed by atoms with Gasteiger partial charge in [-0.3, -0.25) is 9.89 Å². The molecule has 1 fully saturated rings. The summed E-state index contributed by atoms with van der Waals surface area (Å²) in [7, 11) is 6.61. The second-order valence-electron chi connectivity index (χ2n) is 6.55. The molecule has 1 aromatic carbocycles. The van der Waals surface area contributed by atoms with Crippen molar-refractivity contribution in [2.45, 2.75) is 19.4 Å². The molecule has 1 aliphatic heterocycles. The fourth-order valence-electron chi connectivity index (χ4n) is 3.14. The van der Waals surface area contributed by atoms with Gasteiger partial charge in [0.05, 0.1) is 34.5 Å². The smallest absolute Gasteiger partial charge is 0.203 e. The van der Waals surface area contributed by atoms with Gasteiger partial charge in [0.25, 0.3) is 0 Å². The lowest BCUT2D eigenvalue weighted by Crippen LogP contribution is -2.38. The number of rotatable bonds is 10. The van der Waals surface area contributed by atoms with E-state index in [1.165, 1.54) is 0 Å². The monoisotopic (exact) mass is 522 g/mol. The van der Waals surface area contributed by atoms with E-state index in [0.29, 0.717) is 23.8 Å². The highest BCUT2D eigenvalue weighted by molar-refractivity contribution is 14.0. The zero-order valence-corrected chi connectivity index (χ0v) is 20.3. The van der Waals surface area contributed by atoms with Gasteiger partial charge in [-0.25, -0.2) is 0 Å². The summed E-state index contributed by atoms with van der Waals surface area (Å²) in [5.41, 5.74) is 1.02. The number of halogens is 1. The molecule has 0 aromatic heterocycles. The van der Waals surface area contributed by atoms with Crippen LogP contribution in [0.1, 0.15) is 18.4 Å². The number of guanidine groups is 1. The van der Waals surface area contributed by atoms with E-state index in [4.69, 9.17) is 18.9 Å². The summed E-state index contributed by atoms with van der Waals surface area (Å²) >= 11 is 0. The highest BCUT2D eigenvalue weighted by Gasteiger charge is 2.13. The molecule has 29 heavy (non-hydrogen) atoms. The van der Waals surface area contributed by atoms with E-state index in [0.717, 1.165) is 63.8 Å². The summed E-state index contributed by atoms with van der Waals surface area (Å²) in [4.78, 5) is 6.75. The fourth-order valence-corrected chi connectivity index (χ4v) is 3.14. The topological polar surface area (TPSA) is 76.6 Å². The van der Waals surface area contributed by atoms with Crippen LogP contribution in [0.15, 0.2) is 17.1 Å². The molecule has 1 saturated heterocycles. The Morgan fingerprint density at radius 2 is 1.69 bits per heavy atom. The zero-order valence-electron chi connectivity index (χ0n) is 18.0. The van der Waals surface area contributed by atoms with Gasteiger partial charge in [-0.1, -0.05) is 0 Å². The van der Waals surface area contributed by atoms with Crippen molar-refractivity contribution >= 4 is 29.9 Å². The number of ether oxygens (including phenoxy) is 4. The van der Waals surface area contributed by atoms with Gasteiger partial charge in [0.2, 0.25) is 5.75 Å². The normalized spacial score (nSPS) is 14.7. The molecule has 0 amide bonds. The van der Waals surface area contributed by atoms with E-state index in [1.54, 1.807) is 28.4 Å². The predicted octanol–water partition coefficient (Wildman–Crippen LogP) is 2.11. The average molecular weight is 522 g/mol. The van der Waals surface area contributed by atoms with Gasteiger partial charge >= 0.3 is 0 Å². The maximum atomic E-state index is 5.40.